The van der Waals surface area contributed by atoms with E-state index in [-0.39, 0.29) is 18.6 Å². The fourth-order valence-corrected chi connectivity index (χ4v) is 2.15. The van der Waals surface area contributed by atoms with Crippen molar-refractivity contribution < 1.29 is 9.90 Å². The van der Waals surface area contributed by atoms with E-state index >= 15 is 0 Å². The molecule has 0 aromatic heterocycles. The van der Waals surface area contributed by atoms with E-state index in [1.54, 1.807) is 11.8 Å². The second kappa shape index (κ2) is 6.18. The molecule has 1 amide bonds. The molecule has 1 heterocycles. The van der Waals surface area contributed by atoms with Crippen molar-refractivity contribution in [2.75, 3.05) is 33.3 Å². The Morgan fingerprint density at radius 3 is 2.56 bits per heavy atom. The normalized spacial score (nSPS) is 20.8. The van der Waals surface area contributed by atoms with Crippen LogP contribution in [0.25, 0.3) is 0 Å². The molecule has 0 bridgehead atoms. The van der Waals surface area contributed by atoms with Gasteiger partial charge in [-0.1, -0.05) is 0 Å². The molecule has 0 aromatic rings. The first-order valence-corrected chi connectivity index (χ1v) is 5.91. The molecule has 1 saturated heterocycles. The molecule has 1 aliphatic heterocycles. The lowest BCUT2D eigenvalue weighted by Crippen LogP contribution is -2.52. The molecule has 0 radical (unpaired) electrons. The molecule has 5 nitrogen and oxygen atoms in total. The van der Waals surface area contributed by atoms with Crippen LogP contribution in [0.4, 0.5) is 0 Å². The SMILES string of the molecule is C[C@H](N)C(=O)N(CCO)C1CCN(C)CC1. The van der Waals surface area contributed by atoms with E-state index in [1.165, 1.54) is 0 Å². The Bertz CT molecular complexity index is 225. The molecule has 1 rings (SSSR count). The van der Waals surface area contributed by atoms with Crippen LogP contribution < -0.4 is 5.73 Å². The summed E-state index contributed by atoms with van der Waals surface area (Å²) in [7, 11) is 2.08. The average Bonchev–Trinajstić information content (AvgIpc) is 2.26. The van der Waals surface area contributed by atoms with Gasteiger partial charge in [0.2, 0.25) is 5.91 Å². The smallest absolute Gasteiger partial charge is 0.239 e. The number of hydrogen-bond acceptors (Lipinski definition) is 4. The fourth-order valence-electron chi connectivity index (χ4n) is 2.15. The number of nitrogens with two attached hydrogens (primary N) is 1. The average molecular weight is 229 g/mol. The Balaban J connectivity index is 2.59. The Morgan fingerprint density at radius 1 is 1.56 bits per heavy atom. The zero-order valence-electron chi connectivity index (χ0n) is 10.2. The van der Waals surface area contributed by atoms with Crippen LogP contribution in [0.3, 0.4) is 0 Å². The van der Waals surface area contributed by atoms with Crippen LogP contribution in [0.5, 0.6) is 0 Å². The summed E-state index contributed by atoms with van der Waals surface area (Å²) in [5.74, 6) is -0.0522. The standard InChI is InChI=1S/C11H23N3O2/c1-9(12)11(16)14(7-8-15)10-3-5-13(2)6-4-10/h9-10,15H,3-8,12H2,1-2H3/t9-/m0/s1. The van der Waals surface area contributed by atoms with Gasteiger partial charge in [-0.3, -0.25) is 4.79 Å². The Kier molecular flexibility index (Phi) is 5.18. The lowest BCUT2D eigenvalue weighted by atomic mass is 10.0. The number of carbonyl (C=O) groups excluding carboxylic acids is 1. The van der Waals surface area contributed by atoms with Gasteiger partial charge in [-0.05, 0) is 39.9 Å². The first-order valence-electron chi connectivity index (χ1n) is 5.91. The maximum atomic E-state index is 11.9. The molecular weight excluding hydrogens is 206 g/mol. The predicted octanol–water partition coefficient (Wildman–Crippen LogP) is -0.751. The first kappa shape index (κ1) is 13.4. The number of piperidine rings is 1. The van der Waals surface area contributed by atoms with Crippen LogP contribution in [-0.2, 0) is 4.79 Å². The maximum Gasteiger partial charge on any atom is 0.239 e. The zero-order chi connectivity index (χ0) is 12.1. The van der Waals surface area contributed by atoms with E-state index in [4.69, 9.17) is 10.8 Å². The van der Waals surface area contributed by atoms with Crippen molar-refractivity contribution in [1.29, 1.82) is 0 Å². The van der Waals surface area contributed by atoms with Gasteiger partial charge < -0.3 is 20.6 Å². The molecule has 5 heteroatoms. The predicted molar refractivity (Wildman–Crippen MR) is 63.0 cm³/mol. The van der Waals surface area contributed by atoms with E-state index in [9.17, 15) is 4.79 Å². The minimum absolute atomic E-state index is 0.00476. The third-order valence-electron chi connectivity index (χ3n) is 3.14. The highest BCUT2D eigenvalue weighted by atomic mass is 16.3. The molecule has 1 fully saturated rings. The van der Waals surface area contributed by atoms with Gasteiger partial charge in [0.1, 0.15) is 0 Å². The van der Waals surface area contributed by atoms with Crippen molar-refractivity contribution in [2.45, 2.75) is 31.8 Å². The summed E-state index contributed by atoms with van der Waals surface area (Å²) >= 11 is 0. The summed E-state index contributed by atoms with van der Waals surface area (Å²) in [6.07, 6.45) is 1.93. The van der Waals surface area contributed by atoms with E-state index in [0.29, 0.717) is 6.54 Å². The lowest BCUT2D eigenvalue weighted by molar-refractivity contribution is -0.136. The number of rotatable bonds is 4. The quantitative estimate of drug-likeness (QED) is 0.665. The van der Waals surface area contributed by atoms with Gasteiger partial charge >= 0.3 is 0 Å². The topological polar surface area (TPSA) is 69.8 Å². The lowest BCUT2D eigenvalue weighted by Gasteiger charge is -2.37. The summed E-state index contributed by atoms with van der Waals surface area (Å²) in [4.78, 5) is 15.9. The molecule has 16 heavy (non-hydrogen) atoms. The van der Waals surface area contributed by atoms with Crippen molar-refractivity contribution >= 4 is 5.91 Å². The number of nitrogens with zero attached hydrogens (tertiary/aromatic N) is 2. The molecule has 1 aliphatic rings. The van der Waals surface area contributed by atoms with Gasteiger partial charge in [0.15, 0.2) is 0 Å². The Labute approximate surface area is 97.2 Å². The molecule has 0 aromatic carbocycles. The number of likely N-dealkylation sites (tertiary alicyclic amines) is 1. The summed E-state index contributed by atoms with van der Waals surface area (Å²) in [6, 6.07) is -0.243. The highest BCUT2D eigenvalue weighted by Gasteiger charge is 2.27. The van der Waals surface area contributed by atoms with Crippen molar-refractivity contribution in [1.82, 2.24) is 9.80 Å². The first-order chi connectivity index (χ1) is 7.56. The highest BCUT2D eigenvalue weighted by molar-refractivity contribution is 5.81. The summed E-state index contributed by atoms with van der Waals surface area (Å²) in [5.41, 5.74) is 5.62. The largest absolute Gasteiger partial charge is 0.395 e. The zero-order valence-corrected chi connectivity index (χ0v) is 10.2. The Hall–Kier alpha value is -0.650. The van der Waals surface area contributed by atoms with Gasteiger partial charge in [0, 0.05) is 12.6 Å². The molecule has 0 spiro atoms. The van der Waals surface area contributed by atoms with Crippen molar-refractivity contribution in [3.05, 3.63) is 0 Å². The molecule has 3 N–H and O–H groups in total. The molecule has 94 valence electrons. The minimum atomic E-state index is -0.480. The fraction of sp³-hybridized carbons (Fsp3) is 0.909. The van der Waals surface area contributed by atoms with Gasteiger partial charge in [-0.25, -0.2) is 0 Å². The van der Waals surface area contributed by atoms with E-state index < -0.39 is 6.04 Å². The summed E-state index contributed by atoms with van der Waals surface area (Å²) < 4.78 is 0. The van der Waals surface area contributed by atoms with Crippen LogP contribution in [0.1, 0.15) is 19.8 Å². The number of hydrogen-bond donors (Lipinski definition) is 2. The summed E-state index contributed by atoms with van der Waals surface area (Å²) in [6.45, 7) is 4.10. The van der Waals surface area contributed by atoms with Crippen LogP contribution in [0.15, 0.2) is 0 Å². The van der Waals surface area contributed by atoms with Gasteiger partial charge in [-0.15, -0.1) is 0 Å². The van der Waals surface area contributed by atoms with Crippen molar-refractivity contribution in [3.8, 4) is 0 Å². The third kappa shape index (κ3) is 3.43. The van der Waals surface area contributed by atoms with Gasteiger partial charge in [-0.2, -0.15) is 0 Å². The van der Waals surface area contributed by atoms with Crippen molar-refractivity contribution in [2.24, 2.45) is 5.73 Å². The van der Waals surface area contributed by atoms with Gasteiger partial charge in [0.05, 0.1) is 12.6 Å². The summed E-state index contributed by atoms with van der Waals surface area (Å²) in [5, 5.41) is 9.00. The van der Waals surface area contributed by atoms with Crippen LogP contribution in [0.2, 0.25) is 0 Å². The van der Waals surface area contributed by atoms with E-state index in [1.807, 2.05) is 0 Å². The molecule has 1 atom stereocenters. The highest BCUT2D eigenvalue weighted by Crippen LogP contribution is 2.16. The van der Waals surface area contributed by atoms with Crippen LogP contribution >= 0.6 is 0 Å². The number of carbonyl (C=O) groups is 1. The number of aliphatic hydroxyl groups excluding tert-OH is 1. The van der Waals surface area contributed by atoms with Crippen molar-refractivity contribution in [3.63, 3.8) is 0 Å². The third-order valence-corrected chi connectivity index (χ3v) is 3.14. The second-order valence-corrected chi connectivity index (χ2v) is 4.58. The minimum Gasteiger partial charge on any atom is -0.395 e. The monoisotopic (exact) mass is 229 g/mol. The maximum absolute atomic E-state index is 11.9. The molecule has 0 aliphatic carbocycles. The van der Waals surface area contributed by atoms with Crippen LogP contribution in [-0.4, -0.2) is 66.2 Å². The number of aliphatic hydroxyl groups is 1. The molecule has 0 unspecified atom stereocenters. The van der Waals surface area contributed by atoms with E-state index in [0.717, 1.165) is 25.9 Å². The number of amides is 1. The molecule has 0 saturated carbocycles. The molecular formula is C11H23N3O2. The Morgan fingerprint density at radius 2 is 2.12 bits per heavy atom. The van der Waals surface area contributed by atoms with Gasteiger partial charge in [0.25, 0.3) is 0 Å². The second-order valence-electron chi connectivity index (χ2n) is 4.58. The van der Waals surface area contributed by atoms with E-state index in [2.05, 4.69) is 11.9 Å². The van der Waals surface area contributed by atoms with Crippen LogP contribution in [0, 0.1) is 0 Å².